The predicted molar refractivity (Wildman–Crippen MR) is 71.4 cm³/mol. The van der Waals surface area contributed by atoms with Crippen molar-refractivity contribution < 1.29 is 9.53 Å². The quantitative estimate of drug-likeness (QED) is 0.702. The van der Waals surface area contributed by atoms with Crippen molar-refractivity contribution in [2.75, 3.05) is 26.2 Å². The monoisotopic (exact) mass is 254 g/mol. The van der Waals surface area contributed by atoms with E-state index < -0.39 is 5.54 Å². The first-order valence-electron chi connectivity index (χ1n) is 7.36. The van der Waals surface area contributed by atoms with Gasteiger partial charge >= 0.3 is 5.97 Å². The number of nitrogens with one attached hydrogen (secondary N) is 2. The molecule has 2 aliphatic rings. The van der Waals surface area contributed by atoms with Gasteiger partial charge in [0.15, 0.2) is 0 Å². The Hall–Kier alpha value is -0.610. The van der Waals surface area contributed by atoms with E-state index in [1.165, 1.54) is 12.8 Å². The van der Waals surface area contributed by atoms with Gasteiger partial charge in [-0.25, -0.2) is 0 Å². The molecule has 2 atom stereocenters. The second-order valence-electron chi connectivity index (χ2n) is 5.58. The summed E-state index contributed by atoms with van der Waals surface area (Å²) in [6.45, 7) is 7.28. The van der Waals surface area contributed by atoms with Crippen LogP contribution in [0.4, 0.5) is 0 Å². The van der Waals surface area contributed by atoms with Gasteiger partial charge in [-0.2, -0.15) is 0 Å². The molecule has 0 aromatic rings. The third kappa shape index (κ3) is 2.86. The highest BCUT2D eigenvalue weighted by Gasteiger charge is 2.47. The Kier molecular flexibility index (Phi) is 4.62. The van der Waals surface area contributed by atoms with Gasteiger partial charge in [-0.15, -0.1) is 0 Å². The summed E-state index contributed by atoms with van der Waals surface area (Å²) < 4.78 is 5.34. The summed E-state index contributed by atoms with van der Waals surface area (Å²) in [6.07, 6.45) is 4.46. The van der Waals surface area contributed by atoms with Crippen LogP contribution in [0, 0.1) is 11.8 Å². The maximum absolute atomic E-state index is 12.4. The van der Waals surface area contributed by atoms with Crippen LogP contribution in [0.1, 0.15) is 39.5 Å². The van der Waals surface area contributed by atoms with Crippen molar-refractivity contribution in [2.24, 2.45) is 11.8 Å². The normalized spacial score (nSPS) is 32.2. The SMILES string of the molecule is CCOC(=O)C1(NCC2CC2)CCNCC1CC. The minimum atomic E-state index is -0.446. The van der Waals surface area contributed by atoms with E-state index in [2.05, 4.69) is 17.6 Å². The molecule has 0 amide bonds. The molecule has 2 rings (SSSR count). The minimum Gasteiger partial charge on any atom is -0.465 e. The maximum atomic E-state index is 12.4. The number of rotatable bonds is 6. The van der Waals surface area contributed by atoms with Crippen LogP contribution in [-0.4, -0.2) is 37.7 Å². The molecule has 1 aliphatic heterocycles. The summed E-state index contributed by atoms with van der Waals surface area (Å²) in [6, 6.07) is 0. The number of carbonyl (C=O) groups excluding carboxylic acids is 1. The van der Waals surface area contributed by atoms with Crippen LogP contribution in [0.3, 0.4) is 0 Å². The molecule has 1 heterocycles. The smallest absolute Gasteiger partial charge is 0.326 e. The zero-order valence-corrected chi connectivity index (χ0v) is 11.6. The average Bonchev–Trinajstić information content (AvgIpc) is 3.21. The molecule has 0 aromatic heterocycles. The molecular weight excluding hydrogens is 228 g/mol. The number of hydrogen-bond acceptors (Lipinski definition) is 4. The largest absolute Gasteiger partial charge is 0.465 e. The van der Waals surface area contributed by atoms with Crippen LogP contribution in [-0.2, 0) is 9.53 Å². The molecule has 0 radical (unpaired) electrons. The zero-order valence-electron chi connectivity index (χ0n) is 11.6. The van der Waals surface area contributed by atoms with Crippen LogP contribution in [0.15, 0.2) is 0 Å². The van der Waals surface area contributed by atoms with Gasteiger partial charge in [0, 0.05) is 12.5 Å². The number of ether oxygens (including phenoxy) is 1. The Morgan fingerprint density at radius 1 is 1.44 bits per heavy atom. The standard InChI is InChI=1S/C14H26N2O2/c1-3-12-10-15-8-7-14(12,13(17)18-4-2)16-9-11-5-6-11/h11-12,15-16H,3-10H2,1-2H3. The third-order valence-corrected chi connectivity index (χ3v) is 4.32. The summed E-state index contributed by atoms with van der Waals surface area (Å²) in [5.41, 5.74) is -0.446. The molecule has 4 heteroatoms. The second-order valence-corrected chi connectivity index (χ2v) is 5.58. The van der Waals surface area contributed by atoms with Crippen molar-refractivity contribution in [3.63, 3.8) is 0 Å². The fraction of sp³-hybridized carbons (Fsp3) is 0.929. The van der Waals surface area contributed by atoms with Crippen molar-refractivity contribution in [2.45, 2.75) is 45.1 Å². The van der Waals surface area contributed by atoms with E-state index in [-0.39, 0.29) is 5.97 Å². The van der Waals surface area contributed by atoms with E-state index in [1.807, 2.05) is 6.92 Å². The molecule has 2 N–H and O–H groups in total. The number of carbonyl (C=O) groups is 1. The highest BCUT2D eigenvalue weighted by atomic mass is 16.5. The predicted octanol–water partition coefficient (Wildman–Crippen LogP) is 1.31. The fourth-order valence-corrected chi connectivity index (χ4v) is 2.91. The first-order valence-corrected chi connectivity index (χ1v) is 7.36. The lowest BCUT2D eigenvalue weighted by Gasteiger charge is -2.42. The molecule has 18 heavy (non-hydrogen) atoms. The third-order valence-electron chi connectivity index (χ3n) is 4.32. The van der Waals surface area contributed by atoms with Crippen LogP contribution < -0.4 is 10.6 Å². The van der Waals surface area contributed by atoms with Gasteiger partial charge < -0.3 is 15.4 Å². The Balaban J connectivity index is 2.09. The van der Waals surface area contributed by atoms with E-state index in [9.17, 15) is 4.79 Å². The van der Waals surface area contributed by atoms with E-state index in [0.717, 1.165) is 38.4 Å². The van der Waals surface area contributed by atoms with E-state index in [1.54, 1.807) is 0 Å². The molecule has 1 saturated carbocycles. The minimum absolute atomic E-state index is 0.0426. The second kappa shape index (κ2) is 6.02. The van der Waals surface area contributed by atoms with Crippen LogP contribution in [0.5, 0.6) is 0 Å². The van der Waals surface area contributed by atoms with Gasteiger partial charge in [0.2, 0.25) is 0 Å². The van der Waals surface area contributed by atoms with Crippen molar-refractivity contribution >= 4 is 5.97 Å². The van der Waals surface area contributed by atoms with E-state index in [0.29, 0.717) is 12.5 Å². The Labute approximate surface area is 110 Å². The van der Waals surface area contributed by atoms with E-state index >= 15 is 0 Å². The van der Waals surface area contributed by atoms with Gasteiger partial charge in [0.25, 0.3) is 0 Å². The molecule has 1 aliphatic carbocycles. The number of hydrogen-bond donors (Lipinski definition) is 2. The van der Waals surface area contributed by atoms with Crippen LogP contribution in [0.2, 0.25) is 0 Å². The molecule has 104 valence electrons. The highest BCUT2D eigenvalue weighted by Crippen LogP contribution is 2.32. The average molecular weight is 254 g/mol. The van der Waals surface area contributed by atoms with Gasteiger partial charge in [0.05, 0.1) is 6.61 Å². The van der Waals surface area contributed by atoms with Gasteiger partial charge in [-0.05, 0) is 51.6 Å². The fourth-order valence-electron chi connectivity index (χ4n) is 2.91. The first kappa shape index (κ1) is 13.8. The molecule has 0 spiro atoms. The summed E-state index contributed by atoms with van der Waals surface area (Å²) in [7, 11) is 0. The lowest BCUT2D eigenvalue weighted by molar-refractivity contribution is -0.155. The summed E-state index contributed by atoms with van der Waals surface area (Å²) in [5, 5.41) is 6.96. The summed E-state index contributed by atoms with van der Waals surface area (Å²) in [4.78, 5) is 12.4. The Morgan fingerprint density at radius 3 is 2.83 bits per heavy atom. The highest BCUT2D eigenvalue weighted by molar-refractivity contribution is 5.81. The Morgan fingerprint density at radius 2 is 2.22 bits per heavy atom. The molecule has 0 aromatic carbocycles. The molecule has 0 bridgehead atoms. The molecule has 4 nitrogen and oxygen atoms in total. The van der Waals surface area contributed by atoms with Crippen molar-refractivity contribution in [1.29, 1.82) is 0 Å². The molecular formula is C14H26N2O2. The lowest BCUT2D eigenvalue weighted by atomic mass is 9.76. The summed E-state index contributed by atoms with van der Waals surface area (Å²) in [5.74, 6) is 1.08. The van der Waals surface area contributed by atoms with Gasteiger partial charge in [-0.3, -0.25) is 4.79 Å². The zero-order chi connectivity index (χ0) is 13.0. The lowest BCUT2D eigenvalue weighted by Crippen LogP contribution is -2.64. The Bertz CT molecular complexity index is 292. The molecule has 1 saturated heterocycles. The maximum Gasteiger partial charge on any atom is 0.326 e. The van der Waals surface area contributed by atoms with Gasteiger partial charge in [0.1, 0.15) is 5.54 Å². The molecule has 2 unspecified atom stereocenters. The van der Waals surface area contributed by atoms with E-state index in [4.69, 9.17) is 4.74 Å². The number of piperidine rings is 1. The molecule has 2 fully saturated rings. The van der Waals surface area contributed by atoms with Crippen LogP contribution in [0.25, 0.3) is 0 Å². The van der Waals surface area contributed by atoms with Crippen LogP contribution >= 0.6 is 0 Å². The summed E-state index contributed by atoms with van der Waals surface area (Å²) >= 11 is 0. The van der Waals surface area contributed by atoms with Crippen molar-refractivity contribution in [3.8, 4) is 0 Å². The van der Waals surface area contributed by atoms with Gasteiger partial charge in [-0.1, -0.05) is 6.92 Å². The number of esters is 1. The first-order chi connectivity index (χ1) is 8.73. The van der Waals surface area contributed by atoms with Crippen molar-refractivity contribution in [1.82, 2.24) is 10.6 Å². The topological polar surface area (TPSA) is 50.4 Å². The van der Waals surface area contributed by atoms with Crippen molar-refractivity contribution in [3.05, 3.63) is 0 Å².